The third-order valence-corrected chi connectivity index (χ3v) is 11.2. The Morgan fingerprint density at radius 2 is 1.64 bits per heavy atom. The van der Waals surface area contributed by atoms with Crippen LogP contribution in [0.15, 0.2) is 33.9 Å². The average molecular weight is 655 g/mol. The highest BCUT2D eigenvalue weighted by Gasteiger charge is 2.45. The molecular formula is C36H49F3N6O2. The van der Waals surface area contributed by atoms with E-state index in [1.807, 2.05) is 6.07 Å². The second-order valence-electron chi connectivity index (χ2n) is 14.4. The number of hydrogen-bond donors (Lipinski definition) is 1. The van der Waals surface area contributed by atoms with E-state index in [0.717, 1.165) is 38.8 Å². The molecule has 0 aliphatic carbocycles. The van der Waals surface area contributed by atoms with Crippen LogP contribution < -0.4 is 16.6 Å². The van der Waals surface area contributed by atoms with Gasteiger partial charge in [0.15, 0.2) is 0 Å². The summed E-state index contributed by atoms with van der Waals surface area (Å²) in [4.78, 5) is 36.7. The zero-order valence-electron chi connectivity index (χ0n) is 28.4. The van der Waals surface area contributed by atoms with Crippen molar-refractivity contribution in [2.24, 2.45) is 13.0 Å². The van der Waals surface area contributed by atoms with Gasteiger partial charge in [0.05, 0.1) is 17.0 Å². The fourth-order valence-electron chi connectivity index (χ4n) is 8.13. The van der Waals surface area contributed by atoms with Crippen molar-refractivity contribution >= 4 is 16.9 Å². The minimum Gasteiger partial charge on any atom is -0.363 e. The Hall–Kier alpha value is -3.18. The molecule has 1 N–H and O–H groups in total. The summed E-state index contributed by atoms with van der Waals surface area (Å²) < 4.78 is 51.2. The summed E-state index contributed by atoms with van der Waals surface area (Å²) in [5.74, 6) is -4.92. The first-order chi connectivity index (χ1) is 22.4. The highest BCUT2D eigenvalue weighted by molar-refractivity contribution is 5.87. The summed E-state index contributed by atoms with van der Waals surface area (Å²) >= 11 is 0. The van der Waals surface area contributed by atoms with Crippen LogP contribution in [-0.2, 0) is 19.5 Å². The van der Waals surface area contributed by atoms with E-state index in [-0.39, 0.29) is 28.9 Å². The lowest BCUT2D eigenvalue weighted by Gasteiger charge is -2.39. The molecule has 3 aromatic rings. The highest BCUT2D eigenvalue weighted by Crippen LogP contribution is 2.44. The Balaban J connectivity index is 1.47. The molecule has 6 aliphatic rings. The van der Waals surface area contributed by atoms with Crippen LogP contribution in [0.2, 0.25) is 0 Å². The van der Waals surface area contributed by atoms with Gasteiger partial charge in [-0.05, 0) is 104 Å². The maximum absolute atomic E-state index is 16.1. The molecule has 0 amide bonds. The Morgan fingerprint density at radius 1 is 0.936 bits per heavy atom. The molecule has 2 saturated heterocycles. The molecule has 0 spiro atoms. The number of hydrogen-bond acceptors (Lipinski definition) is 6. The molecule has 0 radical (unpaired) electrons. The number of piperidine rings is 2. The van der Waals surface area contributed by atoms with Gasteiger partial charge < -0.3 is 15.1 Å². The van der Waals surface area contributed by atoms with Crippen LogP contribution in [0.5, 0.6) is 0 Å². The van der Waals surface area contributed by atoms with E-state index in [1.165, 1.54) is 18.2 Å². The number of nitrogens with one attached hydrogen (secondary N) is 1. The number of aromatic nitrogens is 3. The molecule has 0 saturated carbocycles. The number of likely N-dealkylation sites (tertiary alicyclic amines) is 1. The van der Waals surface area contributed by atoms with E-state index < -0.39 is 35.0 Å². The van der Waals surface area contributed by atoms with Gasteiger partial charge in [0.25, 0.3) is 11.5 Å². The molecule has 2 fully saturated rings. The first-order valence-corrected chi connectivity index (χ1v) is 17.4. The van der Waals surface area contributed by atoms with Gasteiger partial charge in [-0.3, -0.25) is 13.9 Å². The van der Waals surface area contributed by atoms with Gasteiger partial charge in [0.2, 0.25) is 0 Å². The van der Waals surface area contributed by atoms with Crippen molar-refractivity contribution in [1.82, 2.24) is 23.9 Å². The van der Waals surface area contributed by atoms with Crippen molar-refractivity contribution in [3.63, 3.8) is 0 Å². The molecular weight excluding hydrogens is 605 g/mol. The van der Waals surface area contributed by atoms with Crippen LogP contribution >= 0.6 is 0 Å². The van der Waals surface area contributed by atoms with E-state index in [4.69, 9.17) is 0 Å². The van der Waals surface area contributed by atoms with Crippen LogP contribution in [0.4, 0.5) is 19.0 Å². The van der Waals surface area contributed by atoms with E-state index in [0.29, 0.717) is 61.5 Å². The lowest BCUT2D eigenvalue weighted by atomic mass is 9.84. The number of pyridine rings is 1. The van der Waals surface area contributed by atoms with Crippen molar-refractivity contribution in [1.29, 1.82) is 0 Å². The number of rotatable bonds is 2. The molecule has 6 aliphatic heterocycles. The number of benzene rings is 1. The topological polar surface area (TPSA) is 75.4 Å². The summed E-state index contributed by atoms with van der Waals surface area (Å²) in [6, 6.07) is 5.89. The van der Waals surface area contributed by atoms with Crippen molar-refractivity contribution in [3.8, 4) is 0 Å². The quantitative estimate of drug-likeness (QED) is 0.346. The lowest BCUT2D eigenvalue weighted by molar-refractivity contribution is -0.0907. The number of nitrogens with zero attached hydrogens (tertiary/aromatic N) is 5. The summed E-state index contributed by atoms with van der Waals surface area (Å²) in [7, 11) is 1.70. The molecule has 8 nitrogen and oxygen atoms in total. The Morgan fingerprint density at radius 3 is 2.32 bits per heavy atom. The second kappa shape index (κ2) is 13.4. The van der Waals surface area contributed by atoms with Crippen LogP contribution in [0.1, 0.15) is 101 Å². The van der Waals surface area contributed by atoms with E-state index in [2.05, 4.69) is 40.9 Å². The van der Waals surface area contributed by atoms with Gasteiger partial charge in [-0.15, -0.1) is 0 Å². The van der Waals surface area contributed by atoms with Gasteiger partial charge in [-0.1, -0.05) is 24.6 Å². The maximum atomic E-state index is 16.1. The Bertz CT molecular complexity index is 1720. The maximum Gasteiger partial charge on any atom is 0.351 e. The minimum absolute atomic E-state index is 0.0523. The van der Waals surface area contributed by atoms with Gasteiger partial charge in [-0.2, -0.15) is 4.98 Å². The smallest absolute Gasteiger partial charge is 0.351 e. The third kappa shape index (κ3) is 6.37. The van der Waals surface area contributed by atoms with Crippen LogP contribution in [0.3, 0.4) is 0 Å². The zero-order valence-corrected chi connectivity index (χ0v) is 28.4. The molecule has 6 bridgehead atoms. The molecule has 8 heterocycles. The van der Waals surface area contributed by atoms with Gasteiger partial charge in [0.1, 0.15) is 17.3 Å². The fourth-order valence-corrected chi connectivity index (χ4v) is 8.13. The molecule has 256 valence electrons. The number of anilines is 1. The summed E-state index contributed by atoms with van der Waals surface area (Å²) in [5, 5.41) is 3.80. The molecule has 2 aromatic heterocycles. The van der Waals surface area contributed by atoms with Gasteiger partial charge in [0, 0.05) is 42.7 Å². The predicted octanol–water partition coefficient (Wildman–Crippen LogP) is 6.37. The van der Waals surface area contributed by atoms with Crippen LogP contribution in [-0.4, -0.2) is 62.2 Å². The van der Waals surface area contributed by atoms with Crippen LogP contribution in [0.25, 0.3) is 11.0 Å². The lowest BCUT2D eigenvalue weighted by Crippen LogP contribution is -2.43. The monoisotopic (exact) mass is 654 g/mol. The second-order valence-corrected chi connectivity index (χ2v) is 14.4. The Kier molecular flexibility index (Phi) is 9.60. The Labute approximate surface area is 275 Å². The van der Waals surface area contributed by atoms with Crippen molar-refractivity contribution < 1.29 is 13.2 Å². The molecule has 47 heavy (non-hydrogen) atoms. The number of aryl methyl sites for hydroxylation is 2. The summed E-state index contributed by atoms with van der Waals surface area (Å²) in [6.45, 7) is 11.4. The van der Waals surface area contributed by atoms with Gasteiger partial charge in [-0.25, -0.2) is 18.0 Å². The summed E-state index contributed by atoms with van der Waals surface area (Å²) in [6.07, 6.45) is 4.68. The summed E-state index contributed by atoms with van der Waals surface area (Å²) in [5.41, 5.74) is -0.00216. The van der Waals surface area contributed by atoms with Crippen molar-refractivity contribution in [2.75, 3.05) is 31.5 Å². The normalized spacial score (nSPS) is 26.2. The highest BCUT2D eigenvalue weighted by atomic mass is 19.3. The minimum atomic E-state index is -3.32. The molecule has 9 rings (SSSR count). The van der Waals surface area contributed by atoms with Crippen molar-refractivity contribution in [2.45, 2.75) is 109 Å². The molecule has 2 atom stereocenters. The van der Waals surface area contributed by atoms with Crippen LogP contribution in [0, 0.1) is 11.7 Å². The van der Waals surface area contributed by atoms with E-state index >= 15 is 13.2 Å². The van der Waals surface area contributed by atoms with E-state index in [9.17, 15) is 9.59 Å². The number of alkyl halides is 2. The van der Waals surface area contributed by atoms with E-state index in [1.54, 1.807) is 23.1 Å². The predicted molar refractivity (Wildman–Crippen MR) is 180 cm³/mol. The molecule has 1 unspecified atom stereocenters. The van der Waals surface area contributed by atoms with Crippen molar-refractivity contribution in [3.05, 3.63) is 67.6 Å². The third-order valence-electron chi connectivity index (χ3n) is 11.2. The zero-order chi connectivity index (χ0) is 33.6. The first-order valence-electron chi connectivity index (χ1n) is 17.4. The average Bonchev–Trinajstić information content (AvgIpc) is 3.05. The largest absolute Gasteiger partial charge is 0.363 e. The molecule has 1 aromatic carbocycles. The SMILES string of the molecule is CC(C)N1CCC(c2cc3c4nc(=O)n(c3n(C)c2=O)CCCCC(C)N2CCC(CC2)C(F)(F)c2cccc(c2F)[C@@H](C)N4)CC1. The fraction of sp³-hybridized carbons (Fsp3) is 0.639. The van der Waals surface area contributed by atoms with Gasteiger partial charge >= 0.3 is 5.69 Å². The standard InChI is InChI=1S/C36H49F3N6O2/c1-22(2)43-17-12-25(13-18-43)28-21-29-32-40-24(4)27-10-8-11-30(31(27)37)36(38,39)26-14-19-44(20-15-26)23(3)9-6-7-16-45(35(47)41-32)33(29)42(5)34(28)46/h8,10-11,21-26H,6-7,9,12-20H2,1-5H3,(H,40,41,47)/t23?,24-/m1/s1. The molecule has 11 heteroatoms. The first kappa shape index (κ1) is 33.7. The number of halogens is 3.